The molecule has 0 bridgehead atoms. The molecule has 5 heteroatoms. The van der Waals surface area contributed by atoms with Crippen LogP contribution in [-0.4, -0.2) is 78.7 Å². The molecule has 2 rings (SSSR count). The van der Waals surface area contributed by atoms with Gasteiger partial charge in [-0.2, -0.15) is 0 Å². The van der Waals surface area contributed by atoms with Crippen molar-refractivity contribution in [2.24, 2.45) is 0 Å². The van der Waals surface area contributed by atoms with Crippen molar-refractivity contribution in [1.82, 2.24) is 14.7 Å². The number of piperidine rings is 1. The molecule has 0 aliphatic carbocycles. The second-order valence-corrected chi connectivity index (χ2v) is 6.72. The molecule has 0 saturated carbocycles. The predicted octanol–water partition coefficient (Wildman–Crippen LogP) is 1.63. The van der Waals surface area contributed by atoms with Gasteiger partial charge in [0.15, 0.2) is 0 Å². The molecule has 0 spiro atoms. The van der Waals surface area contributed by atoms with Gasteiger partial charge in [0, 0.05) is 36.3 Å². The minimum Gasteiger partial charge on any atom is -0.444 e. The molecule has 2 saturated heterocycles. The fraction of sp³-hybridized carbons (Fsp3) is 0.933. The van der Waals surface area contributed by atoms with Crippen molar-refractivity contribution in [3.8, 4) is 0 Å². The highest BCUT2D eigenvalue weighted by Gasteiger charge is 2.29. The van der Waals surface area contributed by atoms with Crippen molar-refractivity contribution in [1.29, 1.82) is 0 Å². The van der Waals surface area contributed by atoms with Crippen LogP contribution in [0.5, 0.6) is 0 Å². The van der Waals surface area contributed by atoms with E-state index in [2.05, 4.69) is 4.90 Å². The van der Waals surface area contributed by atoms with Gasteiger partial charge in [0.1, 0.15) is 5.60 Å². The summed E-state index contributed by atoms with van der Waals surface area (Å²) in [6.45, 7) is 7.90. The molecule has 0 radical (unpaired) electrons. The average molecular weight is 286 g/mol. The van der Waals surface area contributed by atoms with Gasteiger partial charge in [-0.3, -0.25) is 4.90 Å². The van der Waals surface area contributed by atoms with Crippen LogP contribution in [0.1, 0.15) is 37.7 Å². The van der Waals surface area contributed by atoms with Gasteiger partial charge in [0.25, 0.3) is 0 Å². The number of rotatable bonds is 1. The van der Waals surface area contributed by atoms with E-state index in [9.17, 15) is 4.79 Å². The Morgan fingerprint density at radius 2 is 1.70 bits per heavy atom. The molecule has 0 N–H and O–H groups in total. The van der Waals surface area contributed by atoms with Crippen LogP contribution < -0.4 is 0 Å². The Labute approximate surface area is 127 Å². The van der Waals surface area contributed by atoms with E-state index in [0.29, 0.717) is 32.2 Å². The Hall–Kier alpha value is -0.810. The summed E-state index contributed by atoms with van der Waals surface area (Å²) in [7, 11) is 0. The zero-order valence-electron chi connectivity index (χ0n) is 15.9. The summed E-state index contributed by atoms with van der Waals surface area (Å²) >= 11 is 0. The first kappa shape index (κ1) is 11.8. The van der Waals surface area contributed by atoms with E-state index in [1.807, 2.05) is 20.8 Å². The number of hydrogen-bond donors (Lipinski definition) is 0. The lowest BCUT2D eigenvalue weighted by atomic mass is 10.0. The first-order chi connectivity index (χ1) is 10.6. The van der Waals surface area contributed by atoms with E-state index >= 15 is 0 Å². The maximum absolute atomic E-state index is 12.1. The highest BCUT2D eigenvalue weighted by atomic mass is 16.6. The molecule has 2 aliphatic heterocycles. The van der Waals surface area contributed by atoms with Crippen LogP contribution in [0, 0.1) is 0 Å². The quantitative estimate of drug-likeness (QED) is 0.734. The van der Waals surface area contributed by atoms with Gasteiger partial charge in [0.2, 0.25) is 0 Å². The molecule has 1 amide bonds. The van der Waals surface area contributed by atoms with Crippen LogP contribution >= 0.6 is 0 Å². The number of carbonyl (C=O) groups excluding carboxylic acids is 1. The molecule has 0 unspecified atom stereocenters. The molecular formula is C15H29N3O2. The molecular weight excluding hydrogens is 254 g/mol. The summed E-state index contributed by atoms with van der Waals surface area (Å²) < 4.78 is 27.8. The highest BCUT2D eigenvalue weighted by Crippen LogP contribution is 2.18. The van der Waals surface area contributed by atoms with Gasteiger partial charge in [0.05, 0.1) is 0 Å². The average Bonchev–Trinajstić information content (AvgIpc) is 2.45. The molecule has 0 aromatic rings. The summed E-state index contributed by atoms with van der Waals surface area (Å²) in [5.41, 5.74) is -0.462. The minimum atomic E-state index is -1.97. The van der Waals surface area contributed by atoms with Crippen molar-refractivity contribution >= 4 is 6.09 Å². The van der Waals surface area contributed by atoms with E-state index in [0.717, 1.165) is 25.9 Å². The Morgan fingerprint density at radius 1 is 1.10 bits per heavy atom. The number of hydrogen-bond acceptors (Lipinski definition) is 4. The van der Waals surface area contributed by atoms with Crippen LogP contribution in [0.3, 0.4) is 0 Å². The number of piperazine rings is 1. The zero-order valence-corrected chi connectivity index (χ0v) is 12.9. The Balaban J connectivity index is 1.76. The summed E-state index contributed by atoms with van der Waals surface area (Å²) in [6.07, 6.45) is 1.52. The third kappa shape index (κ3) is 4.35. The van der Waals surface area contributed by atoms with Gasteiger partial charge in [-0.1, -0.05) is 0 Å². The van der Waals surface area contributed by atoms with E-state index in [1.165, 1.54) is 0 Å². The normalized spacial score (nSPS) is 26.8. The maximum atomic E-state index is 12.1. The molecule has 116 valence electrons. The fourth-order valence-electron chi connectivity index (χ4n) is 2.83. The number of ether oxygens (including phenoxy) is 1. The first-order valence-electron chi connectivity index (χ1n) is 9.03. The monoisotopic (exact) mass is 286 g/mol. The van der Waals surface area contributed by atoms with Gasteiger partial charge in [-0.25, -0.2) is 4.79 Å². The van der Waals surface area contributed by atoms with E-state index in [-0.39, 0.29) is 6.09 Å². The number of amides is 1. The highest BCUT2D eigenvalue weighted by molar-refractivity contribution is 5.68. The van der Waals surface area contributed by atoms with Crippen LogP contribution in [-0.2, 0) is 4.74 Å². The number of likely N-dealkylation sites (tertiary alicyclic amines) is 1. The smallest absolute Gasteiger partial charge is 0.410 e. The van der Waals surface area contributed by atoms with Crippen molar-refractivity contribution in [3.05, 3.63) is 0 Å². The van der Waals surface area contributed by atoms with Crippen molar-refractivity contribution in [3.63, 3.8) is 0 Å². The standard InChI is InChI=1S/C15H29N3O2/c1-15(2,3)20-14(19)18-11-9-17(10-12-18)13-5-7-16(4)8-6-13/h13H,5-12H2,1-4H3/i4D3. The van der Waals surface area contributed by atoms with E-state index in [1.54, 1.807) is 9.80 Å². The summed E-state index contributed by atoms with van der Waals surface area (Å²) in [4.78, 5) is 17.8. The van der Waals surface area contributed by atoms with Crippen molar-refractivity contribution in [2.75, 3.05) is 46.2 Å². The van der Waals surface area contributed by atoms with Crippen LogP contribution in [0.2, 0.25) is 0 Å². The fourth-order valence-corrected chi connectivity index (χ4v) is 2.83. The third-order valence-corrected chi connectivity index (χ3v) is 3.95. The van der Waals surface area contributed by atoms with Crippen LogP contribution in [0.4, 0.5) is 4.79 Å². The lowest BCUT2D eigenvalue weighted by Crippen LogP contribution is -2.54. The predicted molar refractivity (Wildman–Crippen MR) is 79.9 cm³/mol. The molecule has 2 heterocycles. The molecule has 0 aromatic carbocycles. The lowest BCUT2D eigenvalue weighted by Gasteiger charge is -2.42. The Kier molecular flexibility index (Phi) is 3.72. The lowest BCUT2D eigenvalue weighted by molar-refractivity contribution is 0.00652. The first-order valence-corrected chi connectivity index (χ1v) is 7.53. The number of nitrogens with zero attached hydrogens (tertiary/aromatic N) is 3. The Bertz CT molecular complexity index is 407. The van der Waals surface area contributed by atoms with Crippen molar-refractivity contribution in [2.45, 2.75) is 45.3 Å². The van der Waals surface area contributed by atoms with E-state index < -0.39 is 12.6 Å². The number of carbonyl (C=O) groups is 1. The van der Waals surface area contributed by atoms with Crippen LogP contribution in [0.25, 0.3) is 0 Å². The molecule has 2 fully saturated rings. The van der Waals surface area contributed by atoms with Gasteiger partial charge in [-0.05, 0) is 53.7 Å². The summed E-state index contributed by atoms with van der Waals surface area (Å²) in [6, 6.07) is 0.425. The third-order valence-electron chi connectivity index (χ3n) is 3.95. The zero-order chi connectivity index (χ0) is 17.3. The topological polar surface area (TPSA) is 36.0 Å². The Morgan fingerprint density at radius 3 is 2.20 bits per heavy atom. The van der Waals surface area contributed by atoms with E-state index in [4.69, 9.17) is 8.85 Å². The molecule has 5 nitrogen and oxygen atoms in total. The van der Waals surface area contributed by atoms with Gasteiger partial charge < -0.3 is 14.5 Å². The van der Waals surface area contributed by atoms with Crippen LogP contribution in [0.15, 0.2) is 0 Å². The second-order valence-electron chi connectivity index (χ2n) is 6.72. The van der Waals surface area contributed by atoms with Crippen molar-refractivity contribution < 1.29 is 13.6 Å². The molecule has 2 aliphatic rings. The van der Waals surface area contributed by atoms with Gasteiger partial charge in [-0.15, -0.1) is 0 Å². The maximum Gasteiger partial charge on any atom is 0.410 e. The largest absolute Gasteiger partial charge is 0.444 e. The molecule has 0 aromatic heterocycles. The summed E-state index contributed by atoms with van der Waals surface area (Å²) in [5, 5.41) is 0. The van der Waals surface area contributed by atoms with Gasteiger partial charge >= 0.3 is 6.09 Å². The second kappa shape index (κ2) is 6.31. The summed E-state index contributed by atoms with van der Waals surface area (Å²) in [5.74, 6) is 0. The minimum absolute atomic E-state index is 0.241. The SMILES string of the molecule is [2H]C([2H])([2H])N1CCC(N2CCN(C(=O)OC(C)(C)C)CC2)CC1. The molecule has 20 heavy (non-hydrogen) atoms. The molecule has 0 atom stereocenters.